The van der Waals surface area contributed by atoms with Gasteiger partial charge in [-0.25, -0.2) is 0 Å². The van der Waals surface area contributed by atoms with Crippen LogP contribution in [0.3, 0.4) is 0 Å². The van der Waals surface area contributed by atoms with Gasteiger partial charge in [0.1, 0.15) is 18.1 Å². The second kappa shape index (κ2) is 13.2. The van der Waals surface area contributed by atoms with E-state index in [1.807, 2.05) is 36.4 Å². The molecule has 0 amide bonds. The molecule has 0 atom stereocenters. The fourth-order valence-electron chi connectivity index (χ4n) is 7.85. The van der Waals surface area contributed by atoms with E-state index >= 15 is 0 Å². The largest absolute Gasteiger partial charge is 0.496 e. The molecule has 7 heteroatoms. The molecule has 0 N–H and O–H groups in total. The van der Waals surface area contributed by atoms with Gasteiger partial charge in [-0.2, -0.15) is 0 Å². The van der Waals surface area contributed by atoms with Crippen molar-refractivity contribution in [3.63, 3.8) is 0 Å². The SMILES string of the molecule is COC(=C1C2CC3CC(C2)CC1C3)c1ccc(/C=C/C=C/C=C/C(C)=O)c(OCc2ccc(B3OC(C)(C)C(C)(C)O3)cc2)c1Cl. The van der Waals surface area contributed by atoms with E-state index in [1.165, 1.54) is 50.7 Å². The lowest BCUT2D eigenvalue weighted by atomic mass is 9.54. The Bertz CT molecular complexity index is 1540. The molecule has 242 valence electrons. The Labute approximate surface area is 279 Å². The van der Waals surface area contributed by atoms with Gasteiger partial charge in [0.25, 0.3) is 0 Å². The fourth-order valence-corrected chi connectivity index (χ4v) is 8.17. The number of carbonyl (C=O) groups is 1. The maximum atomic E-state index is 11.2. The van der Waals surface area contributed by atoms with E-state index in [9.17, 15) is 4.79 Å². The summed E-state index contributed by atoms with van der Waals surface area (Å²) >= 11 is 7.26. The average molecular weight is 641 g/mol. The number of benzene rings is 2. The average Bonchev–Trinajstić information content (AvgIpc) is 3.22. The number of ether oxygens (including phenoxy) is 2. The van der Waals surface area contributed by atoms with Gasteiger partial charge in [0.15, 0.2) is 5.78 Å². The Kier molecular flexibility index (Phi) is 9.44. The zero-order valence-corrected chi connectivity index (χ0v) is 28.7. The Hall–Kier alpha value is -3.06. The maximum Gasteiger partial charge on any atom is 0.494 e. The number of methoxy groups -OCH3 is 1. The molecule has 1 saturated heterocycles. The predicted molar refractivity (Wildman–Crippen MR) is 187 cm³/mol. The first kappa shape index (κ1) is 32.9. The number of rotatable bonds is 10. The third-order valence-corrected chi connectivity index (χ3v) is 11.1. The maximum absolute atomic E-state index is 11.2. The van der Waals surface area contributed by atoms with Gasteiger partial charge in [0.05, 0.1) is 23.3 Å². The highest BCUT2D eigenvalue weighted by atomic mass is 35.5. The van der Waals surface area contributed by atoms with Crippen LogP contribution in [0.4, 0.5) is 0 Å². The molecule has 0 spiro atoms. The molecule has 5 aliphatic rings. The summed E-state index contributed by atoms with van der Waals surface area (Å²) in [5.41, 5.74) is 4.43. The smallest absolute Gasteiger partial charge is 0.494 e. The molecule has 2 aromatic rings. The first-order valence-corrected chi connectivity index (χ1v) is 17.0. The van der Waals surface area contributed by atoms with Crippen molar-refractivity contribution >= 4 is 41.8 Å². The van der Waals surface area contributed by atoms with Gasteiger partial charge < -0.3 is 18.8 Å². The third-order valence-electron chi connectivity index (χ3n) is 10.7. The van der Waals surface area contributed by atoms with Gasteiger partial charge in [-0.1, -0.05) is 72.3 Å². The van der Waals surface area contributed by atoms with Crippen LogP contribution in [0.5, 0.6) is 5.75 Å². The van der Waals surface area contributed by atoms with Crippen LogP contribution in [-0.4, -0.2) is 31.2 Å². The van der Waals surface area contributed by atoms with Crippen LogP contribution in [0.15, 0.2) is 72.4 Å². The molecule has 0 unspecified atom stereocenters. The zero-order valence-electron chi connectivity index (χ0n) is 28.0. The number of hydrogen-bond donors (Lipinski definition) is 0. The third kappa shape index (κ3) is 6.67. The van der Waals surface area contributed by atoms with Gasteiger partial charge >= 0.3 is 7.12 Å². The van der Waals surface area contributed by atoms with Crippen LogP contribution < -0.4 is 10.2 Å². The molecule has 4 saturated carbocycles. The summed E-state index contributed by atoms with van der Waals surface area (Å²) in [6.07, 6.45) is 17.4. The zero-order chi connectivity index (χ0) is 32.6. The summed E-state index contributed by atoms with van der Waals surface area (Å²) in [5, 5.41) is 0.564. The lowest BCUT2D eigenvalue weighted by molar-refractivity contribution is -0.112. The van der Waals surface area contributed by atoms with Gasteiger partial charge in [0, 0.05) is 11.1 Å². The topological polar surface area (TPSA) is 54.0 Å². The summed E-state index contributed by atoms with van der Waals surface area (Å²) in [6.45, 7) is 10.1. The van der Waals surface area contributed by atoms with E-state index in [0.29, 0.717) is 29.2 Å². The first-order valence-electron chi connectivity index (χ1n) is 16.7. The quantitative estimate of drug-likeness (QED) is 0.113. The normalized spacial score (nSPS) is 26.2. The molecule has 0 aromatic heterocycles. The molecule has 4 aliphatic carbocycles. The van der Waals surface area contributed by atoms with Crippen molar-refractivity contribution < 1.29 is 23.6 Å². The molecule has 1 heterocycles. The van der Waals surface area contributed by atoms with E-state index in [4.69, 9.17) is 30.4 Å². The van der Waals surface area contributed by atoms with Crippen molar-refractivity contribution in [2.24, 2.45) is 23.7 Å². The summed E-state index contributed by atoms with van der Waals surface area (Å²) < 4.78 is 25.2. The van der Waals surface area contributed by atoms with Crippen molar-refractivity contribution in [3.8, 4) is 5.75 Å². The highest BCUT2D eigenvalue weighted by Gasteiger charge is 2.51. The summed E-state index contributed by atoms with van der Waals surface area (Å²) in [7, 11) is 1.37. The van der Waals surface area contributed by atoms with Crippen molar-refractivity contribution in [1.29, 1.82) is 0 Å². The molecule has 46 heavy (non-hydrogen) atoms. The van der Waals surface area contributed by atoms with Crippen molar-refractivity contribution in [2.45, 2.75) is 84.5 Å². The van der Waals surface area contributed by atoms with E-state index in [2.05, 4.69) is 52.0 Å². The van der Waals surface area contributed by atoms with Crippen LogP contribution in [0, 0.1) is 23.7 Å². The van der Waals surface area contributed by atoms with Crippen LogP contribution >= 0.6 is 11.6 Å². The fraction of sp³-hybridized carbons (Fsp3) is 0.462. The van der Waals surface area contributed by atoms with Gasteiger partial charge in [-0.05, 0) is 119 Å². The van der Waals surface area contributed by atoms with Gasteiger partial charge in [-0.3, -0.25) is 4.79 Å². The Balaban J connectivity index is 1.27. The second-order valence-electron chi connectivity index (χ2n) is 14.5. The highest BCUT2D eigenvalue weighted by molar-refractivity contribution is 6.62. The standard InChI is InChI=1S/C39H46BClO5/c1-25(42)11-9-7-8-10-12-29-15-18-33(37(43-6)34-30-20-27-19-28(22-30)23-31(34)21-27)35(41)36(29)44-24-26-13-16-32(17-14-26)40-45-38(2,3)39(4,5)46-40/h7-18,27-28,30-31H,19-24H2,1-6H3/b8-7+,11-9+,12-10+,37-34?. The predicted octanol–water partition coefficient (Wildman–Crippen LogP) is 8.75. The van der Waals surface area contributed by atoms with E-state index in [-0.39, 0.29) is 5.78 Å². The molecular formula is C39H46BClO5. The minimum Gasteiger partial charge on any atom is -0.496 e. The summed E-state index contributed by atoms with van der Waals surface area (Å²) in [5.74, 6) is 4.46. The van der Waals surface area contributed by atoms with E-state index in [1.54, 1.807) is 13.2 Å². The Morgan fingerprint density at radius 3 is 2.09 bits per heavy atom. The minimum atomic E-state index is -0.410. The number of allylic oxidation sites excluding steroid dienone is 6. The molecule has 0 radical (unpaired) electrons. The van der Waals surface area contributed by atoms with Gasteiger partial charge in [0.2, 0.25) is 0 Å². The number of halogens is 1. The van der Waals surface area contributed by atoms with Crippen molar-refractivity contribution in [2.75, 3.05) is 7.11 Å². The number of ketones is 1. The molecule has 5 fully saturated rings. The monoisotopic (exact) mass is 640 g/mol. The van der Waals surface area contributed by atoms with Crippen LogP contribution in [0.1, 0.15) is 83.4 Å². The van der Waals surface area contributed by atoms with Crippen LogP contribution in [0.2, 0.25) is 5.02 Å². The van der Waals surface area contributed by atoms with E-state index < -0.39 is 18.3 Å². The summed E-state index contributed by atoms with van der Waals surface area (Å²) in [6, 6.07) is 12.3. The van der Waals surface area contributed by atoms with Crippen molar-refractivity contribution in [1.82, 2.24) is 0 Å². The second-order valence-corrected chi connectivity index (χ2v) is 14.8. The molecule has 4 bridgehead atoms. The lowest BCUT2D eigenvalue weighted by Crippen LogP contribution is -2.41. The Morgan fingerprint density at radius 2 is 1.50 bits per heavy atom. The first-order chi connectivity index (χ1) is 22.0. The molecule has 7 rings (SSSR count). The molecular weight excluding hydrogens is 595 g/mol. The Morgan fingerprint density at radius 1 is 0.891 bits per heavy atom. The molecule has 5 nitrogen and oxygen atoms in total. The lowest BCUT2D eigenvalue weighted by Gasteiger charge is -2.51. The van der Waals surface area contributed by atoms with E-state index in [0.717, 1.165) is 39.7 Å². The highest BCUT2D eigenvalue weighted by Crippen LogP contribution is 2.58. The summed E-state index contributed by atoms with van der Waals surface area (Å²) in [4.78, 5) is 11.2. The molecule has 2 aromatic carbocycles. The van der Waals surface area contributed by atoms with Crippen LogP contribution in [0.25, 0.3) is 11.8 Å². The minimum absolute atomic E-state index is 0.0119. The van der Waals surface area contributed by atoms with Gasteiger partial charge in [-0.15, -0.1) is 0 Å². The molecule has 1 aliphatic heterocycles. The number of carbonyl (C=O) groups excluding carboxylic acids is 1. The van der Waals surface area contributed by atoms with Crippen LogP contribution in [-0.2, 0) is 25.4 Å². The van der Waals surface area contributed by atoms with Crippen molar-refractivity contribution in [3.05, 3.63) is 94.1 Å². The number of hydrogen-bond acceptors (Lipinski definition) is 5.